The quantitative estimate of drug-likeness (QED) is 0.673. The third-order valence-electron chi connectivity index (χ3n) is 5.63. The van der Waals surface area contributed by atoms with Gasteiger partial charge in [0.15, 0.2) is 0 Å². The largest absolute Gasteiger partial charge is 0.326 e. The minimum absolute atomic E-state index is 0. The van der Waals surface area contributed by atoms with Crippen molar-refractivity contribution in [1.82, 2.24) is 5.32 Å². The number of hydrogen-bond acceptors (Lipinski definition) is 3. The zero-order chi connectivity index (χ0) is 18.2. The van der Waals surface area contributed by atoms with E-state index in [0.29, 0.717) is 12.3 Å². The van der Waals surface area contributed by atoms with Crippen LogP contribution in [0.25, 0.3) is 0 Å². The lowest BCUT2D eigenvalue weighted by molar-refractivity contribution is -0.120. The van der Waals surface area contributed by atoms with Crippen LogP contribution in [0.4, 0.5) is 11.4 Å². The Morgan fingerprint density at radius 3 is 2.33 bits per heavy atom. The first-order valence-electron chi connectivity index (χ1n) is 10.1. The number of carbonyl (C=O) groups is 2. The zero-order valence-electron chi connectivity index (χ0n) is 16.0. The monoisotopic (exact) mass is 393 g/mol. The second-order valence-electron chi connectivity index (χ2n) is 7.69. The second kappa shape index (κ2) is 11.3. The molecule has 6 heteroatoms. The average molecular weight is 394 g/mol. The fraction of sp³-hybridized carbons (Fsp3) is 0.619. The maximum absolute atomic E-state index is 12.4. The van der Waals surface area contributed by atoms with Gasteiger partial charge < -0.3 is 16.0 Å². The van der Waals surface area contributed by atoms with Crippen LogP contribution in [-0.2, 0) is 9.59 Å². The number of carbonyl (C=O) groups excluding carboxylic acids is 2. The van der Waals surface area contributed by atoms with Crippen LogP contribution in [0, 0.1) is 11.8 Å². The van der Waals surface area contributed by atoms with Crippen molar-refractivity contribution >= 4 is 35.6 Å². The van der Waals surface area contributed by atoms with Gasteiger partial charge >= 0.3 is 0 Å². The first kappa shape index (κ1) is 21.7. The van der Waals surface area contributed by atoms with Gasteiger partial charge in [-0.3, -0.25) is 9.59 Å². The van der Waals surface area contributed by atoms with Crippen molar-refractivity contribution in [1.29, 1.82) is 0 Å². The molecule has 27 heavy (non-hydrogen) atoms. The molecule has 1 heterocycles. The lowest BCUT2D eigenvalue weighted by Crippen LogP contribution is -2.28. The van der Waals surface area contributed by atoms with Gasteiger partial charge in [0, 0.05) is 23.7 Å². The molecule has 2 amide bonds. The molecule has 3 N–H and O–H groups in total. The Balaban J connectivity index is 0.00000261. The smallest absolute Gasteiger partial charge is 0.227 e. The molecule has 3 rings (SSSR count). The van der Waals surface area contributed by atoms with E-state index in [1.165, 1.54) is 6.42 Å². The summed E-state index contributed by atoms with van der Waals surface area (Å²) in [5.41, 5.74) is 1.51. The van der Waals surface area contributed by atoms with Crippen molar-refractivity contribution in [3.05, 3.63) is 24.3 Å². The van der Waals surface area contributed by atoms with Crippen LogP contribution >= 0.6 is 12.4 Å². The highest BCUT2D eigenvalue weighted by Crippen LogP contribution is 2.25. The van der Waals surface area contributed by atoms with E-state index in [4.69, 9.17) is 0 Å². The van der Waals surface area contributed by atoms with E-state index in [1.54, 1.807) is 0 Å². The predicted molar refractivity (Wildman–Crippen MR) is 112 cm³/mol. The molecule has 1 aliphatic carbocycles. The molecule has 5 nitrogen and oxygen atoms in total. The normalized spacial score (nSPS) is 18.4. The predicted octanol–water partition coefficient (Wildman–Crippen LogP) is 4.35. The summed E-state index contributed by atoms with van der Waals surface area (Å²) in [6.07, 6.45) is 9.33. The molecule has 1 saturated carbocycles. The Bertz CT molecular complexity index is 611. The van der Waals surface area contributed by atoms with E-state index in [9.17, 15) is 9.59 Å². The van der Waals surface area contributed by atoms with Crippen LogP contribution in [0.15, 0.2) is 24.3 Å². The zero-order valence-corrected chi connectivity index (χ0v) is 16.8. The third-order valence-corrected chi connectivity index (χ3v) is 5.63. The number of piperidine rings is 1. The molecule has 0 radical (unpaired) electrons. The molecule has 150 valence electrons. The number of benzene rings is 1. The lowest BCUT2D eigenvalue weighted by Gasteiger charge is -2.22. The highest BCUT2D eigenvalue weighted by Gasteiger charge is 2.21. The van der Waals surface area contributed by atoms with Crippen LogP contribution in [0.2, 0.25) is 0 Å². The van der Waals surface area contributed by atoms with Crippen molar-refractivity contribution < 1.29 is 9.59 Å². The van der Waals surface area contributed by atoms with Crippen LogP contribution in [0.1, 0.15) is 57.8 Å². The van der Waals surface area contributed by atoms with Gasteiger partial charge in [-0.1, -0.05) is 25.3 Å². The SMILES string of the molecule is Cl.O=C(CCC1CCNCC1)Nc1cccc(NC(=O)C2CCCCC2)c1. The Hall–Kier alpha value is -1.59. The summed E-state index contributed by atoms with van der Waals surface area (Å²) in [6.45, 7) is 2.13. The van der Waals surface area contributed by atoms with Crippen LogP contribution in [-0.4, -0.2) is 24.9 Å². The maximum Gasteiger partial charge on any atom is 0.227 e. The number of anilines is 2. The summed E-state index contributed by atoms with van der Waals surface area (Å²) in [6, 6.07) is 7.48. The summed E-state index contributed by atoms with van der Waals surface area (Å²) in [7, 11) is 0. The van der Waals surface area contributed by atoms with E-state index >= 15 is 0 Å². The van der Waals surface area contributed by atoms with Gasteiger partial charge in [0.2, 0.25) is 11.8 Å². The Labute approximate surface area is 168 Å². The van der Waals surface area contributed by atoms with Gasteiger partial charge in [-0.25, -0.2) is 0 Å². The second-order valence-corrected chi connectivity index (χ2v) is 7.69. The van der Waals surface area contributed by atoms with E-state index in [-0.39, 0.29) is 30.1 Å². The van der Waals surface area contributed by atoms with Crippen LogP contribution < -0.4 is 16.0 Å². The Morgan fingerprint density at radius 2 is 1.63 bits per heavy atom. The summed E-state index contributed by atoms with van der Waals surface area (Å²) < 4.78 is 0. The molecule has 0 spiro atoms. The summed E-state index contributed by atoms with van der Waals surface area (Å²) in [5, 5.41) is 9.33. The van der Waals surface area contributed by atoms with Gasteiger partial charge in [-0.15, -0.1) is 12.4 Å². The van der Waals surface area contributed by atoms with Crippen molar-refractivity contribution in [2.45, 2.75) is 57.8 Å². The molecule has 1 aliphatic heterocycles. The van der Waals surface area contributed by atoms with Crippen molar-refractivity contribution in [2.75, 3.05) is 23.7 Å². The minimum atomic E-state index is 0. The average Bonchev–Trinajstić information content (AvgIpc) is 2.68. The molecule has 0 unspecified atom stereocenters. The number of hydrogen-bond donors (Lipinski definition) is 3. The van der Waals surface area contributed by atoms with Gasteiger partial charge in [0.1, 0.15) is 0 Å². The van der Waals surface area contributed by atoms with E-state index < -0.39 is 0 Å². The first-order valence-corrected chi connectivity index (χ1v) is 10.1. The first-order chi connectivity index (χ1) is 12.7. The topological polar surface area (TPSA) is 70.2 Å². The van der Waals surface area contributed by atoms with Crippen molar-refractivity contribution in [3.8, 4) is 0 Å². The van der Waals surface area contributed by atoms with Gasteiger partial charge in [0.05, 0.1) is 0 Å². The van der Waals surface area contributed by atoms with Crippen LogP contribution in [0.5, 0.6) is 0 Å². The van der Waals surface area contributed by atoms with Gasteiger partial charge in [-0.05, 0) is 69.3 Å². The number of nitrogens with one attached hydrogen (secondary N) is 3. The highest BCUT2D eigenvalue weighted by atomic mass is 35.5. The summed E-state index contributed by atoms with van der Waals surface area (Å²) in [5.74, 6) is 0.952. The maximum atomic E-state index is 12.4. The van der Waals surface area contributed by atoms with Crippen molar-refractivity contribution in [3.63, 3.8) is 0 Å². The molecule has 1 saturated heterocycles. The molecular formula is C21H32ClN3O2. The lowest BCUT2D eigenvalue weighted by atomic mass is 9.88. The minimum Gasteiger partial charge on any atom is -0.326 e. The van der Waals surface area contributed by atoms with Gasteiger partial charge in [-0.2, -0.15) is 0 Å². The number of rotatable bonds is 6. The fourth-order valence-corrected chi connectivity index (χ4v) is 4.01. The van der Waals surface area contributed by atoms with Crippen LogP contribution in [0.3, 0.4) is 0 Å². The number of halogens is 1. The molecular weight excluding hydrogens is 362 g/mol. The standard InChI is InChI=1S/C21H31N3O2.ClH/c25-20(10-9-16-11-13-22-14-12-16)23-18-7-4-8-19(15-18)24-21(26)17-5-2-1-3-6-17;/h4,7-8,15-17,22H,1-3,5-6,9-14H2,(H,23,25)(H,24,26);1H. The fourth-order valence-electron chi connectivity index (χ4n) is 4.01. The molecule has 0 atom stereocenters. The van der Waals surface area contributed by atoms with E-state index in [1.807, 2.05) is 24.3 Å². The molecule has 1 aromatic rings. The Morgan fingerprint density at radius 1 is 0.963 bits per heavy atom. The molecule has 2 fully saturated rings. The molecule has 2 aliphatic rings. The van der Waals surface area contributed by atoms with E-state index in [2.05, 4.69) is 16.0 Å². The molecule has 0 bridgehead atoms. The third kappa shape index (κ3) is 7.15. The number of amides is 2. The summed E-state index contributed by atoms with van der Waals surface area (Å²) >= 11 is 0. The van der Waals surface area contributed by atoms with Gasteiger partial charge in [0.25, 0.3) is 0 Å². The highest BCUT2D eigenvalue weighted by molar-refractivity contribution is 5.95. The summed E-state index contributed by atoms with van der Waals surface area (Å²) in [4.78, 5) is 24.6. The van der Waals surface area contributed by atoms with Crippen molar-refractivity contribution in [2.24, 2.45) is 11.8 Å². The molecule has 0 aromatic heterocycles. The Kier molecular flexibility index (Phi) is 9.08. The molecule has 1 aromatic carbocycles. The van der Waals surface area contributed by atoms with E-state index in [0.717, 1.165) is 69.4 Å².